The fourth-order valence-corrected chi connectivity index (χ4v) is 2.50. The Morgan fingerprint density at radius 3 is 2.87 bits per heavy atom. The summed E-state index contributed by atoms with van der Waals surface area (Å²) in [6.45, 7) is 3.01. The topological polar surface area (TPSA) is 34.6 Å². The van der Waals surface area contributed by atoms with E-state index in [0.717, 1.165) is 48.0 Å². The summed E-state index contributed by atoms with van der Waals surface area (Å²) in [4.78, 5) is 6.34. The summed E-state index contributed by atoms with van der Waals surface area (Å²) >= 11 is 6.14. The average molecular weight is 335 g/mol. The van der Waals surface area contributed by atoms with Crippen LogP contribution in [0, 0.1) is 0 Å². The molecule has 0 spiro atoms. The molecule has 1 heterocycles. The van der Waals surface area contributed by atoms with E-state index < -0.39 is 0 Å². The zero-order valence-corrected chi connectivity index (χ0v) is 14.4. The normalized spacial score (nSPS) is 11.0. The number of hydrogen-bond acceptors (Lipinski definition) is 4. The van der Waals surface area contributed by atoms with Crippen LogP contribution in [0.5, 0.6) is 5.75 Å². The molecule has 0 atom stereocenters. The number of rotatable bonds is 9. The van der Waals surface area contributed by atoms with Crippen LogP contribution < -0.4 is 4.74 Å². The Morgan fingerprint density at radius 2 is 2.13 bits per heavy atom. The SMILES string of the molecule is COCCCN(C)Cc1cc(Cl)ccc1OCc1cccnc1. The van der Waals surface area contributed by atoms with Gasteiger partial charge >= 0.3 is 0 Å². The van der Waals surface area contributed by atoms with Crippen molar-refractivity contribution in [3.05, 3.63) is 58.9 Å². The molecule has 0 radical (unpaired) electrons. The van der Waals surface area contributed by atoms with Gasteiger partial charge in [-0.05, 0) is 37.7 Å². The van der Waals surface area contributed by atoms with Gasteiger partial charge in [0.2, 0.25) is 0 Å². The van der Waals surface area contributed by atoms with Gasteiger partial charge in [-0.3, -0.25) is 4.98 Å². The second kappa shape index (κ2) is 9.50. The molecular weight excluding hydrogens is 312 g/mol. The van der Waals surface area contributed by atoms with E-state index in [4.69, 9.17) is 21.1 Å². The van der Waals surface area contributed by atoms with Gasteiger partial charge in [0.1, 0.15) is 12.4 Å². The van der Waals surface area contributed by atoms with E-state index >= 15 is 0 Å². The molecule has 0 N–H and O–H groups in total. The first-order valence-corrected chi connectivity index (χ1v) is 8.04. The van der Waals surface area contributed by atoms with Crippen LogP contribution in [0.2, 0.25) is 5.02 Å². The van der Waals surface area contributed by atoms with Gasteiger partial charge in [-0.1, -0.05) is 17.7 Å². The zero-order valence-electron chi connectivity index (χ0n) is 13.7. The van der Waals surface area contributed by atoms with Crippen LogP contribution in [0.25, 0.3) is 0 Å². The Hall–Kier alpha value is -1.62. The number of benzene rings is 1. The number of aromatic nitrogens is 1. The van der Waals surface area contributed by atoms with E-state index in [1.165, 1.54) is 0 Å². The van der Waals surface area contributed by atoms with E-state index in [1.807, 2.05) is 36.5 Å². The monoisotopic (exact) mass is 334 g/mol. The summed E-state index contributed by atoms with van der Waals surface area (Å²) in [6.07, 6.45) is 4.57. The Balaban J connectivity index is 1.99. The molecule has 0 aliphatic rings. The smallest absolute Gasteiger partial charge is 0.124 e. The van der Waals surface area contributed by atoms with Gasteiger partial charge < -0.3 is 14.4 Å². The van der Waals surface area contributed by atoms with Crippen molar-refractivity contribution in [1.29, 1.82) is 0 Å². The van der Waals surface area contributed by atoms with Gasteiger partial charge in [0.25, 0.3) is 0 Å². The van der Waals surface area contributed by atoms with Gasteiger partial charge in [-0.2, -0.15) is 0 Å². The van der Waals surface area contributed by atoms with Crippen LogP contribution in [-0.4, -0.2) is 37.2 Å². The minimum Gasteiger partial charge on any atom is -0.489 e. The molecule has 0 fully saturated rings. The molecule has 1 aromatic carbocycles. The van der Waals surface area contributed by atoms with E-state index in [1.54, 1.807) is 13.3 Å². The fourth-order valence-electron chi connectivity index (χ4n) is 2.31. The largest absolute Gasteiger partial charge is 0.489 e. The van der Waals surface area contributed by atoms with Crippen molar-refractivity contribution in [2.24, 2.45) is 0 Å². The molecular formula is C18H23ClN2O2. The predicted octanol–water partition coefficient (Wildman–Crippen LogP) is 3.78. The summed E-state index contributed by atoms with van der Waals surface area (Å²) in [5.41, 5.74) is 2.13. The summed E-state index contributed by atoms with van der Waals surface area (Å²) in [5.74, 6) is 0.858. The number of ether oxygens (including phenoxy) is 2. The Kier molecular flexibility index (Phi) is 7.33. The van der Waals surface area contributed by atoms with Crippen molar-refractivity contribution < 1.29 is 9.47 Å². The quantitative estimate of drug-likeness (QED) is 0.654. The van der Waals surface area contributed by atoms with Crippen molar-refractivity contribution in [3.8, 4) is 5.75 Å². The number of hydrogen-bond donors (Lipinski definition) is 0. The average Bonchev–Trinajstić information content (AvgIpc) is 2.55. The lowest BCUT2D eigenvalue weighted by Gasteiger charge is -2.19. The fraction of sp³-hybridized carbons (Fsp3) is 0.389. The van der Waals surface area contributed by atoms with E-state index in [9.17, 15) is 0 Å². The standard InChI is InChI=1S/C18H23ClN2O2/c1-21(9-4-10-22-2)13-16-11-17(19)6-7-18(16)23-14-15-5-3-8-20-12-15/h3,5-8,11-12H,4,9-10,13-14H2,1-2H3. The summed E-state index contributed by atoms with van der Waals surface area (Å²) in [7, 11) is 3.81. The molecule has 0 amide bonds. The van der Waals surface area contributed by atoms with Crippen LogP contribution >= 0.6 is 11.6 Å². The Labute approximate surface area is 143 Å². The van der Waals surface area contributed by atoms with Gasteiger partial charge in [0, 0.05) is 55.3 Å². The molecule has 0 aliphatic carbocycles. The second-order valence-electron chi connectivity index (χ2n) is 5.49. The lowest BCUT2D eigenvalue weighted by molar-refractivity contribution is 0.177. The first kappa shape index (κ1) is 17.7. The summed E-state index contributed by atoms with van der Waals surface area (Å²) in [5, 5.41) is 0.721. The maximum absolute atomic E-state index is 6.14. The van der Waals surface area contributed by atoms with Gasteiger partial charge in [0.15, 0.2) is 0 Å². The molecule has 2 aromatic rings. The van der Waals surface area contributed by atoms with Gasteiger partial charge in [-0.25, -0.2) is 0 Å². The van der Waals surface area contributed by atoms with E-state index in [2.05, 4.69) is 16.9 Å². The molecule has 0 bridgehead atoms. The Morgan fingerprint density at radius 1 is 1.26 bits per heavy atom. The highest BCUT2D eigenvalue weighted by molar-refractivity contribution is 6.30. The van der Waals surface area contributed by atoms with Crippen LogP contribution in [0.1, 0.15) is 17.5 Å². The Bertz CT molecular complexity index is 593. The predicted molar refractivity (Wildman–Crippen MR) is 92.8 cm³/mol. The lowest BCUT2D eigenvalue weighted by atomic mass is 10.2. The second-order valence-corrected chi connectivity index (χ2v) is 5.92. The number of nitrogens with zero attached hydrogens (tertiary/aromatic N) is 2. The molecule has 124 valence electrons. The molecule has 1 aromatic heterocycles. The molecule has 0 unspecified atom stereocenters. The van der Waals surface area contributed by atoms with Gasteiger partial charge in [0.05, 0.1) is 0 Å². The number of pyridine rings is 1. The third-order valence-corrected chi connectivity index (χ3v) is 3.70. The zero-order chi connectivity index (χ0) is 16.5. The maximum Gasteiger partial charge on any atom is 0.124 e. The molecule has 5 heteroatoms. The van der Waals surface area contributed by atoms with Crippen molar-refractivity contribution in [1.82, 2.24) is 9.88 Å². The van der Waals surface area contributed by atoms with Gasteiger partial charge in [-0.15, -0.1) is 0 Å². The molecule has 2 rings (SSSR count). The summed E-state index contributed by atoms with van der Waals surface area (Å²) in [6, 6.07) is 9.66. The summed E-state index contributed by atoms with van der Waals surface area (Å²) < 4.78 is 11.0. The van der Waals surface area contributed by atoms with Crippen LogP contribution in [0.3, 0.4) is 0 Å². The van der Waals surface area contributed by atoms with E-state index in [-0.39, 0.29) is 0 Å². The molecule has 0 saturated heterocycles. The third kappa shape index (κ3) is 6.18. The third-order valence-electron chi connectivity index (χ3n) is 3.47. The maximum atomic E-state index is 6.14. The molecule has 23 heavy (non-hydrogen) atoms. The van der Waals surface area contributed by atoms with Crippen molar-refractivity contribution >= 4 is 11.6 Å². The number of halogens is 1. The first-order chi connectivity index (χ1) is 11.2. The highest BCUT2D eigenvalue weighted by atomic mass is 35.5. The minimum atomic E-state index is 0.496. The molecule has 0 saturated carbocycles. The van der Waals surface area contributed by atoms with Crippen molar-refractivity contribution in [2.45, 2.75) is 19.6 Å². The molecule has 4 nitrogen and oxygen atoms in total. The minimum absolute atomic E-state index is 0.496. The van der Waals surface area contributed by atoms with Crippen molar-refractivity contribution in [2.75, 3.05) is 27.3 Å². The number of methoxy groups -OCH3 is 1. The first-order valence-electron chi connectivity index (χ1n) is 7.66. The van der Waals surface area contributed by atoms with Crippen molar-refractivity contribution in [3.63, 3.8) is 0 Å². The lowest BCUT2D eigenvalue weighted by Crippen LogP contribution is -2.20. The highest BCUT2D eigenvalue weighted by Gasteiger charge is 2.08. The van der Waals surface area contributed by atoms with E-state index in [0.29, 0.717) is 6.61 Å². The molecule has 0 aliphatic heterocycles. The van der Waals surface area contributed by atoms with Crippen LogP contribution in [0.4, 0.5) is 0 Å². The highest BCUT2D eigenvalue weighted by Crippen LogP contribution is 2.25. The van der Waals surface area contributed by atoms with Crippen LogP contribution in [-0.2, 0) is 17.9 Å². The van der Waals surface area contributed by atoms with Crippen LogP contribution in [0.15, 0.2) is 42.7 Å².